The molecule has 262 valence electrons. The molecule has 5 aromatic rings. The molecule has 0 radical (unpaired) electrons. The predicted octanol–water partition coefficient (Wildman–Crippen LogP) is 6.90. The van der Waals surface area contributed by atoms with Crippen molar-refractivity contribution >= 4 is 21.6 Å². The van der Waals surface area contributed by atoms with Gasteiger partial charge < -0.3 is 19.9 Å². The number of ether oxygens (including phenoxy) is 2. The van der Waals surface area contributed by atoms with E-state index >= 15 is 0 Å². The molecule has 1 amide bonds. The van der Waals surface area contributed by atoms with Gasteiger partial charge in [0.05, 0.1) is 17.3 Å². The Balaban J connectivity index is 1.37. The van der Waals surface area contributed by atoms with Crippen molar-refractivity contribution in [2.45, 2.75) is 42.7 Å². The number of aryl methyl sites for hydroxylation is 1. The van der Waals surface area contributed by atoms with Gasteiger partial charge in [-0.3, -0.25) is 4.79 Å². The maximum atomic E-state index is 14.6. The monoisotopic (exact) mass is 702 g/mol. The molecule has 9 heteroatoms. The van der Waals surface area contributed by atoms with Crippen molar-refractivity contribution in [3.8, 4) is 16.9 Å². The molecular weight excluding hydrogens is 661 g/mol. The number of carbonyl (C=O) groups excluding carboxylic acids is 1. The average molecular weight is 703 g/mol. The highest BCUT2D eigenvalue weighted by Crippen LogP contribution is 2.43. The van der Waals surface area contributed by atoms with Crippen molar-refractivity contribution < 1.29 is 27.8 Å². The third kappa shape index (κ3) is 8.56. The third-order valence-electron chi connectivity index (χ3n) is 9.02. The summed E-state index contributed by atoms with van der Waals surface area (Å²) >= 11 is 0. The van der Waals surface area contributed by atoms with Gasteiger partial charge in [0.1, 0.15) is 5.75 Å². The number of benzene rings is 5. The second kappa shape index (κ2) is 16.2. The lowest BCUT2D eigenvalue weighted by Gasteiger charge is -2.30. The van der Waals surface area contributed by atoms with Crippen molar-refractivity contribution in [3.63, 3.8) is 0 Å². The van der Waals surface area contributed by atoms with Crippen LogP contribution in [0.5, 0.6) is 5.75 Å². The lowest BCUT2D eigenvalue weighted by atomic mass is 9.84. The standard InChI is InChI=1S/C42H42N2O6S/c1-31-13-15-32(16-14-31)25-27-43-41(46)42(26-30-51(47,48)38-11-6-3-7-12-38)39(35-19-17-34(18-20-35)33-9-4-2-5-10-33)50-40(44-42)36-21-23-37(24-22-36)49-29-8-28-45/h2-7,9-24,39,45H,8,25-30H2,1H3,(H,43,46)/t39-,42-/m1/s1. The van der Waals surface area contributed by atoms with Crippen LogP contribution in [0.4, 0.5) is 0 Å². The molecule has 0 aliphatic carbocycles. The summed E-state index contributed by atoms with van der Waals surface area (Å²) in [6.45, 7) is 2.76. The minimum absolute atomic E-state index is 0.0333. The van der Waals surface area contributed by atoms with Crippen LogP contribution in [0.3, 0.4) is 0 Å². The minimum atomic E-state index is -3.77. The Labute approximate surface area is 299 Å². The van der Waals surface area contributed by atoms with Gasteiger partial charge in [-0.2, -0.15) is 0 Å². The fraction of sp³-hybridized carbons (Fsp3) is 0.238. The molecule has 0 fully saturated rings. The van der Waals surface area contributed by atoms with Gasteiger partial charge in [0.15, 0.2) is 21.5 Å². The first-order chi connectivity index (χ1) is 24.8. The number of nitrogens with zero attached hydrogens (tertiary/aromatic N) is 1. The molecule has 1 heterocycles. The first-order valence-corrected chi connectivity index (χ1v) is 18.8. The molecule has 51 heavy (non-hydrogen) atoms. The zero-order chi connectivity index (χ0) is 35.7. The van der Waals surface area contributed by atoms with Gasteiger partial charge >= 0.3 is 0 Å². The van der Waals surface area contributed by atoms with Crippen LogP contribution in [0.2, 0.25) is 0 Å². The first kappa shape index (κ1) is 35.6. The lowest BCUT2D eigenvalue weighted by Crippen LogP contribution is -2.49. The van der Waals surface area contributed by atoms with Crippen LogP contribution in [0, 0.1) is 6.92 Å². The molecule has 0 saturated carbocycles. The van der Waals surface area contributed by atoms with E-state index < -0.39 is 27.4 Å². The lowest BCUT2D eigenvalue weighted by molar-refractivity contribution is -0.129. The van der Waals surface area contributed by atoms with E-state index in [1.165, 1.54) is 0 Å². The summed E-state index contributed by atoms with van der Waals surface area (Å²) in [6, 6.07) is 41.3. The van der Waals surface area contributed by atoms with Crippen LogP contribution in [0.15, 0.2) is 143 Å². The highest BCUT2D eigenvalue weighted by atomic mass is 32.2. The summed E-state index contributed by atoms with van der Waals surface area (Å²) in [6.07, 6.45) is 0.0757. The van der Waals surface area contributed by atoms with Crippen LogP contribution < -0.4 is 10.1 Å². The van der Waals surface area contributed by atoms with Crippen LogP contribution in [0.25, 0.3) is 11.1 Å². The molecule has 0 saturated heterocycles. The van der Waals surface area contributed by atoms with Crippen LogP contribution >= 0.6 is 0 Å². The number of aliphatic hydroxyl groups is 1. The smallest absolute Gasteiger partial charge is 0.252 e. The topological polar surface area (TPSA) is 114 Å². The molecule has 8 nitrogen and oxygen atoms in total. The van der Waals surface area contributed by atoms with Crippen molar-refractivity contribution in [2.75, 3.05) is 25.5 Å². The number of amides is 1. The molecule has 0 aromatic heterocycles. The molecule has 2 N–H and O–H groups in total. The first-order valence-electron chi connectivity index (χ1n) is 17.1. The highest BCUT2D eigenvalue weighted by molar-refractivity contribution is 7.91. The molecule has 2 atom stereocenters. The van der Waals surface area contributed by atoms with Gasteiger partial charge in [0.25, 0.3) is 5.91 Å². The van der Waals surface area contributed by atoms with Gasteiger partial charge in [0, 0.05) is 31.6 Å². The zero-order valence-corrected chi connectivity index (χ0v) is 29.4. The number of hydrogen-bond donors (Lipinski definition) is 2. The Kier molecular flexibility index (Phi) is 11.3. The Morgan fingerprint density at radius 1 is 0.824 bits per heavy atom. The molecule has 0 spiro atoms. The Bertz CT molecular complexity index is 2030. The number of carbonyl (C=O) groups is 1. The number of aliphatic hydroxyl groups excluding tert-OH is 1. The van der Waals surface area contributed by atoms with Crippen molar-refractivity contribution in [1.82, 2.24) is 5.32 Å². The normalized spacial score (nSPS) is 17.0. The van der Waals surface area contributed by atoms with Crippen LogP contribution in [-0.2, 0) is 25.8 Å². The second-order valence-electron chi connectivity index (χ2n) is 12.7. The summed E-state index contributed by atoms with van der Waals surface area (Å²) in [5, 5.41) is 12.2. The van der Waals surface area contributed by atoms with Crippen molar-refractivity contribution in [2.24, 2.45) is 4.99 Å². The number of aliphatic imine (C=N–C) groups is 1. The molecule has 5 aromatic carbocycles. The predicted molar refractivity (Wildman–Crippen MR) is 200 cm³/mol. The van der Waals surface area contributed by atoms with Crippen molar-refractivity contribution in [3.05, 3.63) is 156 Å². The zero-order valence-electron chi connectivity index (χ0n) is 28.6. The molecule has 0 unspecified atom stereocenters. The van der Waals surface area contributed by atoms with Crippen LogP contribution in [-0.4, -0.2) is 56.4 Å². The van der Waals surface area contributed by atoms with Gasteiger partial charge in [-0.15, -0.1) is 0 Å². The largest absolute Gasteiger partial charge is 0.494 e. The minimum Gasteiger partial charge on any atom is -0.494 e. The van der Waals surface area contributed by atoms with E-state index in [-0.39, 0.29) is 29.6 Å². The number of nitrogens with one attached hydrogen (secondary N) is 1. The maximum Gasteiger partial charge on any atom is 0.252 e. The van der Waals surface area contributed by atoms with Gasteiger partial charge in [0.2, 0.25) is 5.90 Å². The molecular formula is C42H42N2O6S. The summed E-state index contributed by atoms with van der Waals surface area (Å²) in [5.74, 6) is 0.125. The van der Waals surface area contributed by atoms with E-state index in [1.54, 1.807) is 54.6 Å². The van der Waals surface area contributed by atoms with E-state index in [1.807, 2.05) is 85.8 Å². The third-order valence-corrected chi connectivity index (χ3v) is 10.8. The SMILES string of the molecule is Cc1ccc(CCNC(=O)[C@]2(CCS(=O)(=O)c3ccccc3)N=C(c3ccc(OCCCO)cc3)O[C@@H]2c2ccc(-c3ccccc3)cc2)cc1. The van der Waals surface area contributed by atoms with E-state index in [4.69, 9.17) is 19.6 Å². The fourth-order valence-electron chi connectivity index (χ4n) is 6.12. The summed E-state index contributed by atoms with van der Waals surface area (Å²) < 4.78 is 39.7. The maximum absolute atomic E-state index is 14.6. The molecule has 1 aliphatic heterocycles. The summed E-state index contributed by atoms with van der Waals surface area (Å²) in [5.41, 5.74) is 3.98. The number of rotatable bonds is 15. The van der Waals surface area contributed by atoms with E-state index in [0.29, 0.717) is 42.9 Å². The van der Waals surface area contributed by atoms with Crippen molar-refractivity contribution in [1.29, 1.82) is 0 Å². The van der Waals surface area contributed by atoms with E-state index in [9.17, 15) is 13.2 Å². The fourth-order valence-corrected chi connectivity index (χ4v) is 7.50. The Hall–Kier alpha value is -5.25. The average Bonchev–Trinajstić information content (AvgIpc) is 3.57. The van der Waals surface area contributed by atoms with Gasteiger partial charge in [-0.05, 0) is 72.0 Å². The summed E-state index contributed by atoms with van der Waals surface area (Å²) in [4.78, 5) is 19.8. The van der Waals surface area contributed by atoms with E-state index in [2.05, 4.69) is 5.32 Å². The number of sulfone groups is 1. The Morgan fingerprint density at radius 2 is 1.45 bits per heavy atom. The molecule has 6 rings (SSSR count). The van der Waals surface area contributed by atoms with Crippen LogP contribution in [0.1, 0.15) is 41.2 Å². The van der Waals surface area contributed by atoms with Gasteiger partial charge in [-0.1, -0.05) is 103 Å². The molecule has 1 aliphatic rings. The van der Waals surface area contributed by atoms with Gasteiger partial charge in [-0.25, -0.2) is 13.4 Å². The van der Waals surface area contributed by atoms with E-state index in [0.717, 1.165) is 22.3 Å². The molecule has 0 bridgehead atoms. The second-order valence-corrected chi connectivity index (χ2v) is 14.8. The number of hydrogen-bond acceptors (Lipinski definition) is 7. The quantitative estimate of drug-likeness (QED) is 0.115. The summed E-state index contributed by atoms with van der Waals surface area (Å²) in [7, 11) is -3.77. The Morgan fingerprint density at radius 3 is 2.12 bits per heavy atom. The highest BCUT2D eigenvalue weighted by Gasteiger charge is 2.53.